The molecular formula is C12H15N3O2S2. The van der Waals surface area contributed by atoms with E-state index in [4.69, 9.17) is 5.73 Å². The summed E-state index contributed by atoms with van der Waals surface area (Å²) in [6.07, 6.45) is 1.64. The number of nitrogens with zero attached hydrogens (tertiary/aromatic N) is 1. The summed E-state index contributed by atoms with van der Waals surface area (Å²) in [7, 11) is -3.53. The Balaban J connectivity index is 2.17. The van der Waals surface area contributed by atoms with Crippen molar-refractivity contribution in [3.8, 4) is 0 Å². The van der Waals surface area contributed by atoms with E-state index >= 15 is 0 Å². The molecule has 1 aromatic heterocycles. The predicted octanol–water partition coefficient (Wildman–Crippen LogP) is 1.64. The lowest BCUT2D eigenvalue weighted by molar-refractivity contribution is 0.581. The summed E-state index contributed by atoms with van der Waals surface area (Å²) >= 11 is 1.41. The number of benzene rings is 1. The Morgan fingerprint density at radius 1 is 1.47 bits per heavy atom. The molecule has 0 aliphatic rings. The molecule has 1 heterocycles. The number of aromatic nitrogens is 1. The van der Waals surface area contributed by atoms with Crippen LogP contribution in [0.3, 0.4) is 0 Å². The van der Waals surface area contributed by atoms with E-state index in [0.29, 0.717) is 0 Å². The third-order valence-electron chi connectivity index (χ3n) is 2.59. The van der Waals surface area contributed by atoms with Crippen molar-refractivity contribution in [2.45, 2.75) is 24.4 Å². The number of nitrogens with one attached hydrogen (secondary N) is 1. The van der Waals surface area contributed by atoms with Gasteiger partial charge in [-0.1, -0.05) is 12.1 Å². The molecule has 0 saturated heterocycles. The van der Waals surface area contributed by atoms with Crippen molar-refractivity contribution in [2.75, 3.05) is 0 Å². The van der Waals surface area contributed by atoms with Crippen molar-refractivity contribution in [3.05, 3.63) is 46.4 Å². The van der Waals surface area contributed by atoms with Gasteiger partial charge in [-0.15, -0.1) is 11.3 Å². The number of sulfonamides is 1. The SMILES string of the molecule is CC(N)c1cccc(S(=O)(=O)NCc2nccs2)c1. The topological polar surface area (TPSA) is 85.1 Å². The maximum Gasteiger partial charge on any atom is 0.240 e. The highest BCUT2D eigenvalue weighted by molar-refractivity contribution is 7.89. The summed E-state index contributed by atoms with van der Waals surface area (Å²) in [6, 6.07) is 6.45. The maximum absolute atomic E-state index is 12.1. The van der Waals surface area contributed by atoms with Gasteiger partial charge in [0, 0.05) is 17.6 Å². The van der Waals surface area contributed by atoms with Crippen molar-refractivity contribution in [1.29, 1.82) is 0 Å². The zero-order chi connectivity index (χ0) is 13.9. The fourth-order valence-electron chi connectivity index (χ4n) is 1.55. The van der Waals surface area contributed by atoms with E-state index in [1.165, 1.54) is 11.3 Å². The molecular weight excluding hydrogens is 282 g/mol. The molecule has 0 bridgehead atoms. The average molecular weight is 297 g/mol. The highest BCUT2D eigenvalue weighted by Crippen LogP contribution is 2.16. The lowest BCUT2D eigenvalue weighted by Gasteiger charge is -2.09. The van der Waals surface area contributed by atoms with Gasteiger partial charge in [0.15, 0.2) is 0 Å². The number of hydrogen-bond donors (Lipinski definition) is 2. The van der Waals surface area contributed by atoms with Crippen LogP contribution < -0.4 is 10.5 Å². The molecule has 0 aliphatic heterocycles. The summed E-state index contributed by atoms with van der Waals surface area (Å²) in [4.78, 5) is 4.25. The van der Waals surface area contributed by atoms with E-state index in [1.54, 1.807) is 29.8 Å². The summed E-state index contributed by atoms with van der Waals surface area (Å²) in [6.45, 7) is 2.01. The van der Waals surface area contributed by atoms with Crippen LogP contribution in [0, 0.1) is 0 Å². The van der Waals surface area contributed by atoms with Crippen LogP contribution in [-0.2, 0) is 16.6 Å². The van der Waals surface area contributed by atoms with Gasteiger partial charge in [-0.3, -0.25) is 0 Å². The van der Waals surface area contributed by atoms with Gasteiger partial charge >= 0.3 is 0 Å². The van der Waals surface area contributed by atoms with Crippen molar-refractivity contribution in [2.24, 2.45) is 5.73 Å². The molecule has 1 atom stereocenters. The molecule has 0 spiro atoms. The molecule has 0 radical (unpaired) electrons. The van der Waals surface area contributed by atoms with Gasteiger partial charge < -0.3 is 5.73 Å². The lowest BCUT2D eigenvalue weighted by Crippen LogP contribution is -2.23. The van der Waals surface area contributed by atoms with Gasteiger partial charge in [0.05, 0.1) is 11.4 Å². The number of rotatable bonds is 5. The average Bonchev–Trinajstić information content (AvgIpc) is 2.90. The highest BCUT2D eigenvalue weighted by atomic mass is 32.2. The standard InChI is InChI=1S/C12H15N3O2S2/c1-9(13)10-3-2-4-11(7-10)19(16,17)15-8-12-14-5-6-18-12/h2-7,9,15H,8,13H2,1H3. The first-order chi connectivity index (χ1) is 8.99. The Hall–Kier alpha value is -1.28. The first kappa shape index (κ1) is 14.1. The molecule has 0 amide bonds. The molecule has 102 valence electrons. The summed E-state index contributed by atoms with van der Waals surface area (Å²) in [5.74, 6) is 0. The molecule has 1 unspecified atom stereocenters. The van der Waals surface area contributed by atoms with Crippen LogP contribution in [-0.4, -0.2) is 13.4 Å². The van der Waals surface area contributed by atoms with E-state index < -0.39 is 10.0 Å². The van der Waals surface area contributed by atoms with Gasteiger partial charge in [-0.2, -0.15) is 0 Å². The highest BCUT2D eigenvalue weighted by Gasteiger charge is 2.15. The summed E-state index contributed by atoms with van der Waals surface area (Å²) in [5.41, 5.74) is 6.54. The maximum atomic E-state index is 12.1. The lowest BCUT2D eigenvalue weighted by atomic mass is 10.1. The summed E-state index contributed by atoms with van der Waals surface area (Å²) < 4.78 is 26.8. The molecule has 0 fully saturated rings. The fourth-order valence-corrected chi connectivity index (χ4v) is 3.24. The molecule has 0 saturated carbocycles. The van der Waals surface area contributed by atoms with Gasteiger partial charge in [-0.25, -0.2) is 18.1 Å². The monoisotopic (exact) mass is 297 g/mol. The molecule has 2 aromatic rings. The normalized spacial score (nSPS) is 13.4. The molecule has 19 heavy (non-hydrogen) atoms. The Morgan fingerprint density at radius 3 is 2.89 bits per heavy atom. The van der Waals surface area contributed by atoms with Gasteiger partial charge in [0.25, 0.3) is 0 Å². The second-order valence-corrected chi connectivity index (χ2v) is 6.86. The molecule has 7 heteroatoms. The molecule has 0 aliphatic carbocycles. The van der Waals surface area contributed by atoms with E-state index in [0.717, 1.165) is 10.6 Å². The third kappa shape index (κ3) is 3.60. The third-order valence-corrected chi connectivity index (χ3v) is 4.77. The van der Waals surface area contributed by atoms with Crippen molar-refractivity contribution >= 4 is 21.4 Å². The van der Waals surface area contributed by atoms with Gasteiger partial charge in [0.1, 0.15) is 5.01 Å². The Bertz CT molecular complexity index is 637. The second kappa shape index (κ2) is 5.79. The van der Waals surface area contributed by atoms with Crippen LogP contribution in [0.2, 0.25) is 0 Å². The van der Waals surface area contributed by atoms with E-state index in [1.807, 2.05) is 13.0 Å². The minimum absolute atomic E-state index is 0.197. The van der Waals surface area contributed by atoms with Gasteiger partial charge in [0.2, 0.25) is 10.0 Å². The zero-order valence-corrected chi connectivity index (χ0v) is 12.0. The minimum Gasteiger partial charge on any atom is -0.324 e. The van der Waals surface area contributed by atoms with E-state index in [2.05, 4.69) is 9.71 Å². The fraction of sp³-hybridized carbons (Fsp3) is 0.250. The molecule has 2 rings (SSSR count). The first-order valence-electron chi connectivity index (χ1n) is 5.72. The second-order valence-electron chi connectivity index (χ2n) is 4.11. The molecule has 5 nitrogen and oxygen atoms in total. The van der Waals surface area contributed by atoms with E-state index in [-0.39, 0.29) is 17.5 Å². The van der Waals surface area contributed by atoms with Crippen LogP contribution in [0.15, 0.2) is 40.7 Å². The Morgan fingerprint density at radius 2 is 2.26 bits per heavy atom. The van der Waals surface area contributed by atoms with Crippen molar-refractivity contribution in [1.82, 2.24) is 9.71 Å². The first-order valence-corrected chi connectivity index (χ1v) is 8.09. The largest absolute Gasteiger partial charge is 0.324 e. The Kier molecular flexibility index (Phi) is 4.31. The minimum atomic E-state index is -3.53. The van der Waals surface area contributed by atoms with Crippen molar-refractivity contribution < 1.29 is 8.42 Å². The smallest absolute Gasteiger partial charge is 0.240 e. The number of thiazole rings is 1. The van der Waals surface area contributed by atoms with Crippen molar-refractivity contribution in [3.63, 3.8) is 0 Å². The van der Waals surface area contributed by atoms with Crippen LogP contribution >= 0.6 is 11.3 Å². The number of hydrogen-bond acceptors (Lipinski definition) is 5. The summed E-state index contributed by atoms with van der Waals surface area (Å²) in [5, 5.41) is 2.53. The molecule has 3 N–H and O–H groups in total. The number of nitrogens with two attached hydrogens (primary N) is 1. The van der Waals surface area contributed by atoms with Crippen LogP contribution in [0.4, 0.5) is 0 Å². The Labute approximate surface area is 116 Å². The van der Waals surface area contributed by atoms with Crippen LogP contribution in [0.5, 0.6) is 0 Å². The predicted molar refractivity (Wildman–Crippen MR) is 75.2 cm³/mol. The molecule has 1 aromatic carbocycles. The quantitative estimate of drug-likeness (QED) is 0.878. The van der Waals surface area contributed by atoms with Gasteiger partial charge in [-0.05, 0) is 24.6 Å². The zero-order valence-electron chi connectivity index (χ0n) is 10.4. The van der Waals surface area contributed by atoms with Crippen LogP contribution in [0.1, 0.15) is 23.5 Å². The van der Waals surface area contributed by atoms with Crippen LogP contribution in [0.25, 0.3) is 0 Å². The van der Waals surface area contributed by atoms with E-state index in [9.17, 15) is 8.42 Å².